The first kappa shape index (κ1) is 19.9. The molecule has 1 aromatic rings. The molecule has 1 saturated heterocycles. The SMILES string of the molecule is COC(=O)C(C)(C)COC(=O)c1ccc(CN2CC(=O)NS2(=O)=O)cc1. The van der Waals surface area contributed by atoms with Crippen LogP contribution in [0, 0.1) is 5.41 Å². The Bertz CT molecular complexity index is 816. The molecule has 0 aliphatic carbocycles. The molecule has 2 rings (SSSR count). The van der Waals surface area contributed by atoms with Crippen LogP contribution in [-0.2, 0) is 35.8 Å². The number of ether oxygens (including phenoxy) is 2. The Balaban J connectivity index is 1.98. The third kappa shape index (κ3) is 4.58. The molecule has 1 aliphatic heterocycles. The number of hydrogen-bond donors (Lipinski definition) is 1. The average molecular weight is 384 g/mol. The van der Waals surface area contributed by atoms with Gasteiger partial charge in [-0.25, -0.2) is 9.52 Å². The molecule has 0 atom stereocenters. The Labute approximate surface area is 151 Å². The van der Waals surface area contributed by atoms with Crippen molar-refractivity contribution in [3.63, 3.8) is 0 Å². The van der Waals surface area contributed by atoms with Crippen LogP contribution in [0.25, 0.3) is 0 Å². The van der Waals surface area contributed by atoms with E-state index < -0.39 is 33.5 Å². The van der Waals surface area contributed by atoms with E-state index in [4.69, 9.17) is 4.74 Å². The van der Waals surface area contributed by atoms with E-state index in [0.29, 0.717) is 5.56 Å². The van der Waals surface area contributed by atoms with Crippen LogP contribution in [0.3, 0.4) is 0 Å². The zero-order chi connectivity index (χ0) is 19.5. The number of nitrogens with zero attached hydrogens (tertiary/aromatic N) is 1. The van der Waals surface area contributed by atoms with Crippen molar-refractivity contribution in [1.82, 2.24) is 9.03 Å². The van der Waals surface area contributed by atoms with E-state index in [-0.39, 0.29) is 25.3 Å². The maximum Gasteiger partial charge on any atom is 0.338 e. The van der Waals surface area contributed by atoms with Crippen LogP contribution < -0.4 is 4.72 Å². The maximum atomic E-state index is 12.1. The zero-order valence-corrected chi connectivity index (χ0v) is 15.5. The number of esters is 2. The number of carbonyl (C=O) groups excluding carboxylic acids is 3. The molecule has 0 radical (unpaired) electrons. The van der Waals surface area contributed by atoms with E-state index in [1.54, 1.807) is 26.0 Å². The number of carbonyl (C=O) groups is 3. The second kappa shape index (κ2) is 7.42. The van der Waals surface area contributed by atoms with Gasteiger partial charge in [-0.3, -0.25) is 9.59 Å². The Morgan fingerprint density at radius 1 is 1.23 bits per heavy atom. The van der Waals surface area contributed by atoms with E-state index >= 15 is 0 Å². The van der Waals surface area contributed by atoms with Gasteiger partial charge in [0.2, 0.25) is 5.91 Å². The molecule has 1 aromatic carbocycles. The molecule has 9 nitrogen and oxygen atoms in total. The summed E-state index contributed by atoms with van der Waals surface area (Å²) in [5.74, 6) is -1.69. The lowest BCUT2D eigenvalue weighted by molar-refractivity contribution is -0.152. The molecule has 26 heavy (non-hydrogen) atoms. The second-order valence-corrected chi connectivity index (χ2v) is 8.12. The van der Waals surface area contributed by atoms with Crippen molar-refractivity contribution in [2.75, 3.05) is 20.3 Å². The molecule has 0 bridgehead atoms. The average Bonchev–Trinajstić information content (AvgIpc) is 2.84. The standard InChI is InChI=1S/C16H20N2O7S/c1-16(2,15(21)24-3)10-25-14(20)12-6-4-11(5-7-12)8-18-9-13(19)17-26(18,22)23/h4-7H,8-10H2,1-3H3,(H,17,19). The fourth-order valence-corrected chi connectivity index (χ4v) is 3.33. The van der Waals surface area contributed by atoms with Gasteiger partial charge in [-0.2, -0.15) is 12.7 Å². The topological polar surface area (TPSA) is 119 Å². The Morgan fingerprint density at radius 3 is 2.35 bits per heavy atom. The van der Waals surface area contributed by atoms with E-state index in [1.807, 2.05) is 4.72 Å². The van der Waals surface area contributed by atoms with Crippen molar-refractivity contribution >= 4 is 28.1 Å². The highest BCUT2D eigenvalue weighted by molar-refractivity contribution is 7.88. The van der Waals surface area contributed by atoms with Gasteiger partial charge in [-0.05, 0) is 31.5 Å². The summed E-state index contributed by atoms with van der Waals surface area (Å²) >= 11 is 0. The summed E-state index contributed by atoms with van der Waals surface area (Å²) in [5.41, 5.74) is -0.0991. The highest BCUT2D eigenvalue weighted by atomic mass is 32.2. The van der Waals surface area contributed by atoms with Gasteiger partial charge in [0.25, 0.3) is 0 Å². The van der Waals surface area contributed by atoms with Crippen LogP contribution in [0.4, 0.5) is 0 Å². The largest absolute Gasteiger partial charge is 0.469 e. The molecule has 0 unspecified atom stereocenters. The van der Waals surface area contributed by atoms with E-state index in [1.165, 1.54) is 19.2 Å². The zero-order valence-electron chi connectivity index (χ0n) is 14.6. The van der Waals surface area contributed by atoms with Crippen molar-refractivity contribution in [2.45, 2.75) is 20.4 Å². The molecule has 1 fully saturated rings. The Hall–Kier alpha value is -2.46. The van der Waals surface area contributed by atoms with Gasteiger partial charge in [0.15, 0.2) is 0 Å². The fraction of sp³-hybridized carbons (Fsp3) is 0.438. The second-order valence-electron chi connectivity index (χ2n) is 6.45. The molecular weight excluding hydrogens is 364 g/mol. The number of methoxy groups -OCH3 is 1. The quantitative estimate of drug-likeness (QED) is 0.697. The van der Waals surface area contributed by atoms with Crippen LogP contribution in [0.15, 0.2) is 24.3 Å². The minimum Gasteiger partial charge on any atom is -0.469 e. The van der Waals surface area contributed by atoms with Crippen molar-refractivity contribution in [3.05, 3.63) is 35.4 Å². The summed E-state index contributed by atoms with van der Waals surface area (Å²) in [7, 11) is -2.54. The van der Waals surface area contributed by atoms with Gasteiger partial charge < -0.3 is 9.47 Å². The van der Waals surface area contributed by atoms with Gasteiger partial charge in [0.1, 0.15) is 6.61 Å². The van der Waals surface area contributed by atoms with Crippen molar-refractivity contribution in [1.29, 1.82) is 0 Å². The smallest absolute Gasteiger partial charge is 0.338 e. The third-order valence-corrected chi connectivity index (χ3v) is 5.18. The molecule has 0 saturated carbocycles. The number of amides is 1. The first-order chi connectivity index (χ1) is 12.0. The molecule has 1 heterocycles. The minimum atomic E-state index is -3.80. The minimum absolute atomic E-state index is 0.00573. The summed E-state index contributed by atoms with van der Waals surface area (Å²) in [5, 5.41) is 0. The lowest BCUT2D eigenvalue weighted by atomic mass is 9.95. The highest BCUT2D eigenvalue weighted by Gasteiger charge is 2.33. The maximum absolute atomic E-state index is 12.1. The lowest BCUT2D eigenvalue weighted by Gasteiger charge is -2.20. The molecule has 1 amide bonds. The first-order valence-corrected chi connectivity index (χ1v) is 9.14. The van der Waals surface area contributed by atoms with Crippen LogP contribution in [-0.4, -0.2) is 50.8 Å². The van der Waals surface area contributed by atoms with Crippen LogP contribution in [0.1, 0.15) is 29.8 Å². The first-order valence-electron chi connectivity index (χ1n) is 7.70. The lowest BCUT2D eigenvalue weighted by Crippen LogP contribution is -2.32. The van der Waals surface area contributed by atoms with Gasteiger partial charge in [-0.15, -0.1) is 0 Å². The van der Waals surface area contributed by atoms with Crippen LogP contribution in [0.5, 0.6) is 0 Å². The summed E-state index contributed by atoms with van der Waals surface area (Å²) in [6, 6.07) is 6.11. The van der Waals surface area contributed by atoms with Gasteiger partial charge in [0.05, 0.1) is 24.6 Å². The molecule has 142 valence electrons. The van der Waals surface area contributed by atoms with Crippen molar-refractivity contribution in [3.8, 4) is 0 Å². The van der Waals surface area contributed by atoms with Crippen LogP contribution >= 0.6 is 0 Å². The molecule has 1 aliphatic rings. The predicted octanol–water partition coefficient (Wildman–Crippen LogP) is 0.219. The van der Waals surface area contributed by atoms with Crippen molar-refractivity contribution in [2.24, 2.45) is 5.41 Å². The molecule has 1 N–H and O–H groups in total. The van der Waals surface area contributed by atoms with E-state index in [9.17, 15) is 22.8 Å². The summed E-state index contributed by atoms with van der Waals surface area (Å²) in [6.45, 7) is 2.82. The van der Waals surface area contributed by atoms with Gasteiger partial charge in [-0.1, -0.05) is 12.1 Å². The normalized spacial score (nSPS) is 16.8. The van der Waals surface area contributed by atoms with Crippen molar-refractivity contribution < 1.29 is 32.3 Å². The Kier molecular flexibility index (Phi) is 5.67. The Morgan fingerprint density at radius 2 is 1.85 bits per heavy atom. The number of hydrogen-bond acceptors (Lipinski definition) is 7. The monoisotopic (exact) mass is 384 g/mol. The number of benzene rings is 1. The summed E-state index contributed by atoms with van der Waals surface area (Å²) in [6.07, 6.45) is 0. The molecular formula is C16H20N2O7S. The number of rotatable bonds is 6. The molecule has 0 spiro atoms. The van der Waals surface area contributed by atoms with Gasteiger partial charge >= 0.3 is 22.1 Å². The van der Waals surface area contributed by atoms with Crippen LogP contribution in [0.2, 0.25) is 0 Å². The fourth-order valence-electron chi connectivity index (χ4n) is 2.24. The molecule has 0 aromatic heterocycles. The summed E-state index contributed by atoms with van der Waals surface area (Å²) < 4.78 is 36.1. The third-order valence-electron chi connectivity index (χ3n) is 3.75. The summed E-state index contributed by atoms with van der Waals surface area (Å²) in [4.78, 5) is 34.8. The van der Waals surface area contributed by atoms with Gasteiger partial charge in [0, 0.05) is 6.54 Å². The molecule has 10 heteroatoms. The predicted molar refractivity (Wildman–Crippen MR) is 90.0 cm³/mol. The number of nitrogens with one attached hydrogen (secondary N) is 1. The highest BCUT2D eigenvalue weighted by Crippen LogP contribution is 2.19. The van der Waals surface area contributed by atoms with E-state index in [0.717, 1.165) is 4.31 Å². The van der Waals surface area contributed by atoms with E-state index in [2.05, 4.69) is 4.74 Å².